The molecule has 6 nitrogen and oxygen atoms in total. The van der Waals surface area contributed by atoms with Gasteiger partial charge in [-0.2, -0.15) is 5.10 Å². The number of hydrogen-bond donors (Lipinski definition) is 1. The molecule has 2 heterocycles. The van der Waals surface area contributed by atoms with Crippen molar-refractivity contribution in [2.75, 3.05) is 31.1 Å². The first-order valence-corrected chi connectivity index (χ1v) is 9.71. The van der Waals surface area contributed by atoms with Gasteiger partial charge in [0, 0.05) is 38.9 Å². The van der Waals surface area contributed by atoms with Gasteiger partial charge in [-0.25, -0.2) is 9.38 Å². The van der Waals surface area contributed by atoms with E-state index in [1.165, 1.54) is 41.9 Å². The van der Waals surface area contributed by atoms with Crippen LogP contribution < -0.4 is 10.6 Å². The van der Waals surface area contributed by atoms with E-state index < -0.39 is 0 Å². The Morgan fingerprint density at radius 3 is 2.56 bits per heavy atom. The summed E-state index contributed by atoms with van der Waals surface area (Å²) in [7, 11) is 2.00. The lowest BCUT2D eigenvalue weighted by atomic mass is 9.96. The fourth-order valence-corrected chi connectivity index (χ4v) is 4.05. The Morgan fingerprint density at radius 2 is 1.81 bits per heavy atom. The molecular formula is C20H27FN6. The highest BCUT2D eigenvalue weighted by atomic mass is 19.1. The summed E-state index contributed by atoms with van der Waals surface area (Å²) in [6.07, 6.45) is 4.64. The number of anilines is 1. The zero-order chi connectivity index (χ0) is 18.8. The molecule has 1 aliphatic carbocycles. The van der Waals surface area contributed by atoms with Gasteiger partial charge in [-0.3, -0.25) is 4.68 Å². The Labute approximate surface area is 159 Å². The van der Waals surface area contributed by atoms with E-state index in [-0.39, 0.29) is 5.82 Å². The topological polar surface area (TPSA) is 62.7 Å². The van der Waals surface area contributed by atoms with Crippen LogP contribution in [0.2, 0.25) is 0 Å². The third kappa shape index (κ3) is 3.77. The van der Waals surface area contributed by atoms with Gasteiger partial charge in [0.15, 0.2) is 5.96 Å². The molecule has 0 amide bonds. The summed E-state index contributed by atoms with van der Waals surface area (Å²) < 4.78 is 15.1. The van der Waals surface area contributed by atoms with Gasteiger partial charge in [0.25, 0.3) is 0 Å². The SMILES string of the molecule is Cn1nc2c(c1CN=C(N)N1CCN(c3ccc(F)cc3)CC1)CCCC2. The van der Waals surface area contributed by atoms with Crippen LogP contribution in [0.1, 0.15) is 29.8 Å². The number of guanidine groups is 1. The molecule has 0 atom stereocenters. The number of aryl methyl sites for hydroxylation is 2. The Hall–Kier alpha value is -2.57. The number of aromatic nitrogens is 2. The maximum absolute atomic E-state index is 13.1. The van der Waals surface area contributed by atoms with Crippen molar-refractivity contribution in [2.45, 2.75) is 32.2 Å². The normalized spacial score (nSPS) is 17.9. The van der Waals surface area contributed by atoms with E-state index in [1.54, 1.807) is 0 Å². The molecule has 1 aromatic carbocycles. The molecule has 1 aliphatic heterocycles. The lowest BCUT2D eigenvalue weighted by Crippen LogP contribution is -2.51. The molecule has 2 aliphatic rings. The van der Waals surface area contributed by atoms with Gasteiger partial charge < -0.3 is 15.5 Å². The number of piperazine rings is 1. The average Bonchev–Trinajstić information content (AvgIpc) is 3.02. The van der Waals surface area contributed by atoms with Crippen molar-refractivity contribution in [3.63, 3.8) is 0 Å². The van der Waals surface area contributed by atoms with Crippen LogP contribution in [0.5, 0.6) is 0 Å². The van der Waals surface area contributed by atoms with Gasteiger partial charge in [-0.15, -0.1) is 0 Å². The standard InChI is InChI=1S/C20H27FN6/c1-25-19(17-4-2-3-5-18(17)24-25)14-23-20(22)27-12-10-26(11-13-27)16-8-6-15(21)7-9-16/h6-9H,2-5,10-14H2,1H3,(H2,22,23). The first-order valence-electron chi connectivity index (χ1n) is 9.71. The predicted octanol–water partition coefficient (Wildman–Crippen LogP) is 2.07. The van der Waals surface area contributed by atoms with Gasteiger partial charge in [-0.1, -0.05) is 0 Å². The lowest BCUT2D eigenvalue weighted by molar-refractivity contribution is 0.380. The van der Waals surface area contributed by atoms with Crippen LogP contribution in [0.15, 0.2) is 29.3 Å². The summed E-state index contributed by atoms with van der Waals surface area (Å²) in [5.41, 5.74) is 11.1. The van der Waals surface area contributed by atoms with E-state index in [0.29, 0.717) is 12.5 Å². The molecule has 0 spiro atoms. The predicted molar refractivity (Wildman–Crippen MR) is 105 cm³/mol. The molecule has 2 N–H and O–H groups in total. The fourth-order valence-electron chi connectivity index (χ4n) is 4.05. The van der Waals surface area contributed by atoms with Crippen LogP contribution in [0.25, 0.3) is 0 Å². The van der Waals surface area contributed by atoms with Crippen molar-refractivity contribution in [1.82, 2.24) is 14.7 Å². The van der Waals surface area contributed by atoms with Gasteiger partial charge in [-0.05, 0) is 55.5 Å². The third-order valence-electron chi connectivity index (χ3n) is 5.63. The molecule has 1 saturated heterocycles. The number of halogens is 1. The van der Waals surface area contributed by atoms with E-state index in [2.05, 4.69) is 19.9 Å². The fraction of sp³-hybridized carbons (Fsp3) is 0.500. The molecule has 2 aromatic rings. The number of nitrogens with two attached hydrogens (primary N) is 1. The van der Waals surface area contributed by atoms with E-state index >= 15 is 0 Å². The minimum Gasteiger partial charge on any atom is -0.370 e. The maximum Gasteiger partial charge on any atom is 0.191 e. The van der Waals surface area contributed by atoms with Crippen molar-refractivity contribution in [2.24, 2.45) is 17.8 Å². The summed E-state index contributed by atoms with van der Waals surface area (Å²) >= 11 is 0. The van der Waals surface area contributed by atoms with E-state index in [1.807, 2.05) is 23.9 Å². The van der Waals surface area contributed by atoms with E-state index in [9.17, 15) is 4.39 Å². The minimum atomic E-state index is -0.203. The van der Waals surface area contributed by atoms with Gasteiger partial charge in [0.2, 0.25) is 0 Å². The molecule has 7 heteroatoms. The second kappa shape index (κ2) is 7.58. The minimum absolute atomic E-state index is 0.203. The Morgan fingerprint density at radius 1 is 1.11 bits per heavy atom. The molecule has 144 valence electrons. The Kier molecular flexibility index (Phi) is 5.01. The van der Waals surface area contributed by atoms with Crippen molar-refractivity contribution < 1.29 is 4.39 Å². The maximum atomic E-state index is 13.1. The van der Waals surface area contributed by atoms with Crippen LogP contribution in [0, 0.1) is 5.82 Å². The summed E-state index contributed by atoms with van der Waals surface area (Å²) in [6.45, 7) is 3.92. The summed E-state index contributed by atoms with van der Waals surface area (Å²) in [4.78, 5) is 9.04. The highest BCUT2D eigenvalue weighted by Crippen LogP contribution is 2.24. The number of fused-ring (bicyclic) bond motifs is 1. The average molecular weight is 370 g/mol. The van der Waals surface area contributed by atoms with Crippen LogP contribution in [0.4, 0.5) is 10.1 Å². The summed E-state index contributed by atoms with van der Waals surface area (Å²) in [6, 6.07) is 6.67. The number of hydrogen-bond acceptors (Lipinski definition) is 3. The zero-order valence-corrected chi connectivity index (χ0v) is 15.9. The molecule has 27 heavy (non-hydrogen) atoms. The molecule has 0 radical (unpaired) electrons. The number of nitrogens with zero attached hydrogens (tertiary/aromatic N) is 5. The van der Waals surface area contributed by atoms with Crippen LogP contribution in [0.3, 0.4) is 0 Å². The number of rotatable bonds is 3. The van der Waals surface area contributed by atoms with Crippen molar-refractivity contribution >= 4 is 11.6 Å². The summed E-state index contributed by atoms with van der Waals surface area (Å²) in [5, 5.41) is 4.65. The number of aliphatic imine (C=N–C) groups is 1. The van der Waals surface area contributed by atoms with Crippen LogP contribution in [-0.4, -0.2) is 46.8 Å². The molecule has 1 fully saturated rings. The van der Waals surface area contributed by atoms with Crippen molar-refractivity contribution in [3.05, 3.63) is 47.0 Å². The molecular weight excluding hydrogens is 343 g/mol. The molecule has 0 unspecified atom stereocenters. The van der Waals surface area contributed by atoms with E-state index in [4.69, 9.17) is 5.73 Å². The molecule has 0 saturated carbocycles. The molecule has 4 rings (SSSR count). The largest absolute Gasteiger partial charge is 0.370 e. The Bertz CT molecular complexity index is 818. The molecule has 0 bridgehead atoms. The quantitative estimate of drug-likeness (QED) is 0.664. The number of benzene rings is 1. The smallest absolute Gasteiger partial charge is 0.191 e. The highest BCUT2D eigenvalue weighted by molar-refractivity contribution is 5.78. The van der Waals surface area contributed by atoms with Gasteiger partial charge in [0.05, 0.1) is 17.9 Å². The van der Waals surface area contributed by atoms with Gasteiger partial charge >= 0.3 is 0 Å². The van der Waals surface area contributed by atoms with Gasteiger partial charge in [0.1, 0.15) is 5.82 Å². The second-order valence-corrected chi connectivity index (χ2v) is 7.33. The van der Waals surface area contributed by atoms with Crippen LogP contribution in [-0.2, 0) is 26.4 Å². The highest BCUT2D eigenvalue weighted by Gasteiger charge is 2.21. The van der Waals surface area contributed by atoms with Crippen molar-refractivity contribution in [1.29, 1.82) is 0 Å². The lowest BCUT2D eigenvalue weighted by Gasteiger charge is -2.36. The Balaban J connectivity index is 1.37. The second-order valence-electron chi connectivity index (χ2n) is 7.33. The molecule has 1 aromatic heterocycles. The zero-order valence-electron chi connectivity index (χ0n) is 15.9. The first-order chi connectivity index (χ1) is 13.1. The third-order valence-corrected chi connectivity index (χ3v) is 5.63. The summed E-state index contributed by atoms with van der Waals surface area (Å²) in [5.74, 6) is 0.394. The van der Waals surface area contributed by atoms with Crippen molar-refractivity contribution in [3.8, 4) is 0 Å². The van der Waals surface area contributed by atoms with E-state index in [0.717, 1.165) is 44.7 Å². The van der Waals surface area contributed by atoms with Crippen LogP contribution >= 0.6 is 0 Å². The first kappa shape index (κ1) is 17.8. The monoisotopic (exact) mass is 370 g/mol.